The van der Waals surface area contributed by atoms with E-state index in [4.69, 9.17) is 4.74 Å². The Morgan fingerprint density at radius 3 is 2.38 bits per heavy atom. The Morgan fingerprint density at radius 1 is 1.08 bits per heavy atom. The van der Waals surface area contributed by atoms with E-state index in [-0.39, 0.29) is 5.91 Å². The molecule has 1 N–H and O–H groups in total. The van der Waals surface area contributed by atoms with Crippen molar-refractivity contribution in [1.29, 1.82) is 0 Å². The lowest BCUT2D eigenvalue weighted by atomic mass is 10.1. The summed E-state index contributed by atoms with van der Waals surface area (Å²) in [7, 11) is 1.61. The van der Waals surface area contributed by atoms with Crippen molar-refractivity contribution in [3.63, 3.8) is 0 Å². The molecule has 0 aliphatic heterocycles. The average molecular weight is 339 g/mol. The molecule has 0 saturated carbocycles. The minimum absolute atomic E-state index is 0.208. The van der Waals surface area contributed by atoms with E-state index in [1.165, 1.54) is 0 Å². The molecular weight excluding hydrogens is 322 g/mol. The number of methoxy groups -OCH3 is 1. The van der Waals surface area contributed by atoms with E-state index in [1.807, 2.05) is 50.2 Å². The topological polar surface area (TPSA) is 64.1 Å². The summed E-state index contributed by atoms with van der Waals surface area (Å²) in [6.07, 6.45) is 0. The van der Waals surface area contributed by atoms with Gasteiger partial charge in [0.1, 0.15) is 16.3 Å². The van der Waals surface area contributed by atoms with E-state index in [0.29, 0.717) is 10.6 Å². The van der Waals surface area contributed by atoms with Crippen molar-refractivity contribution in [3.05, 3.63) is 58.5 Å². The third-order valence-electron chi connectivity index (χ3n) is 3.54. The summed E-state index contributed by atoms with van der Waals surface area (Å²) in [4.78, 5) is 13.1. The molecule has 1 heterocycles. The van der Waals surface area contributed by atoms with E-state index in [1.54, 1.807) is 7.11 Å². The summed E-state index contributed by atoms with van der Waals surface area (Å²) in [5, 5.41) is 7.03. The van der Waals surface area contributed by atoms with Gasteiger partial charge in [-0.2, -0.15) is 0 Å². The first-order chi connectivity index (χ1) is 11.6. The van der Waals surface area contributed by atoms with E-state index in [0.717, 1.165) is 39.7 Å². The molecule has 24 heavy (non-hydrogen) atoms. The maximum atomic E-state index is 12.6. The molecule has 0 bridgehead atoms. The lowest BCUT2D eigenvalue weighted by Gasteiger charge is -2.07. The number of nitrogens with one attached hydrogen (secondary N) is 1. The first-order valence-corrected chi connectivity index (χ1v) is 8.20. The van der Waals surface area contributed by atoms with Crippen molar-refractivity contribution in [1.82, 2.24) is 9.59 Å². The zero-order valence-corrected chi connectivity index (χ0v) is 14.5. The summed E-state index contributed by atoms with van der Waals surface area (Å²) >= 11 is 1.09. The van der Waals surface area contributed by atoms with Crippen LogP contribution >= 0.6 is 11.5 Å². The Hall–Kier alpha value is -2.73. The molecule has 122 valence electrons. The third kappa shape index (κ3) is 3.44. The molecule has 2 aromatic carbocycles. The number of hydrogen-bond acceptors (Lipinski definition) is 5. The van der Waals surface area contributed by atoms with E-state index in [2.05, 4.69) is 21.0 Å². The van der Waals surface area contributed by atoms with Crippen LogP contribution in [0.1, 0.15) is 20.8 Å². The highest BCUT2D eigenvalue weighted by Gasteiger charge is 2.18. The Kier molecular flexibility index (Phi) is 4.57. The monoisotopic (exact) mass is 339 g/mol. The SMILES string of the molecule is COc1ccc(-c2nnsc2C(=O)Nc2cc(C)cc(C)c2)cc1. The van der Waals surface area contributed by atoms with E-state index in [9.17, 15) is 4.79 Å². The number of ether oxygens (including phenoxy) is 1. The normalized spacial score (nSPS) is 10.5. The van der Waals surface area contributed by atoms with E-state index < -0.39 is 0 Å². The molecule has 0 spiro atoms. The highest BCUT2D eigenvalue weighted by molar-refractivity contribution is 7.08. The molecule has 1 amide bonds. The Bertz CT molecular complexity index is 852. The summed E-state index contributed by atoms with van der Waals surface area (Å²) < 4.78 is 9.09. The van der Waals surface area contributed by atoms with Gasteiger partial charge in [-0.3, -0.25) is 4.79 Å². The summed E-state index contributed by atoms with van der Waals surface area (Å²) in [5.41, 5.74) is 4.37. The number of anilines is 1. The average Bonchev–Trinajstić information content (AvgIpc) is 3.03. The van der Waals surface area contributed by atoms with Crippen LogP contribution in [0.25, 0.3) is 11.3 Å². The molecule has 3 rings (SSSR count). The molecule has 0 saturated heterocycles. The fourth-order valence-corrected chi connectivity index (χ4v) is 3.10. The highest BCUT2D eigenvalue weighted by Crippen LogP contribution is 2.27. The number of hydrogen-bond donors (Lipinski definition) is 1. The van der Waals surface area contributed by atoms with Gasteiger partial charge < -0.3 is 10.1 Å². The van der Waals surface area contributed by atoms with Crippen LogP contribution in [0, 0.1) is 13.8 Å². The predicted octanol–water partition coefficient (Wildman–Crippen LogP) is 4.08. The number of benzene rings is 2. The van der Waals surface area contributed by atoms with Gasteiger partial charge in [0.15, 0.2) is 0 Å². The number of amides is 1. The van der Waals surface area contributed by atoms with Crippen LogP contribution in [0.5, 0.6) is 5.75 Å². The van der Waals surface area contributed by atoms with Crippen LogP contribution in [0.3, 0.4) is 0 Å². The van der Waals surface area contributed by atoms with Crippen LogP contribution < -0.4 is 10.1 Å². The molecule has 3 aromatic rings. The van der Waals surface area contributed by atoms with Gasteiger partial charge in [0.05, 0.1) is 7.11 Å². The van der Waals surface area contributed by atoms with Gasteiger partial charge in [0.2, 0.25) is 0 Å². The molecule has 0 radical (unpaired) electrons. The van der Waals surface area contributed by atoms with Gasteiger partial charge in [0.25, 0.3) is 5.91 Å². The van der Waals surface area contributed by atoms with Crippen molar-refractivity contribution in [2.75, 3.05) is 12.4 Å². The van der Waals surface area contributed by atoms with Crippen LogP contribution in [-0.4, -0.2) is 22.6 Å². The molecule has 0 aliphatic carbocycles. The molecule has 6 heteroatoms. The van der Waals surface area contributed by atoms with Gasteiger partial charge >= 0.3 is 0 Å². The van der Waals surface area contributed by atoms with Crippen LogP contribution in [0.4, 0.5) is 5.69 Å². The number of nitrogens with zero attached hydrogens (tertiary/aromatic N) is 2. The quantitative estimate of drug-likeness (QED) is 0.778. The Labute approximate surface area is 144 Å². The smallest absolute Gasteiger partial charge is 0.269 e. The zero-order valence-electron chi connectivity index (χ0n) is 13.7. The molecule has 1 aromatic heterocycles. The van der Waals surface area contributed by atoms with Gasteiger partial charge in [-0.1, -0.05) is 10.6 Å². The van der Waals surface area contributed by atoms with E-state index >= 15 is 0 Å². The highest BCUT2D eigenvalue weighted by atomic mass is 32.1. The van der Waals surface area contributed by atoms with Crippen LogP contribution in [0.15, 0.2) is 42.5 Å². The second-order valence-electron chi connectivity index (χ2n) is 5.51. The van der Waals surface area contributed by atoms with Crippen molar-refractivity contribution < 1.29 is 9.53 Å². The number of rotatable bonds is 4. The number of aromatic nitrogens is 2. The van der Waals surface area contributed by atoms with Crippen molar-refractivity contribution in [2.24, 2.45) is 0 Å². The number of carbonyl (C=O) groups excluding carboxylic acids is 1. The lowest BCUT2D eigenvalue weighted by Crippen LogP contribution is -2.11. The van der Waals surface area contributed by atoms with Crippen molar-refractivity contribution >= 4 is 23.1 Å². The van der Waals surface area contributed by atoms with Crippen molar-refractivity contribution in [2.45, 2.75) is 13.8 Å². The largest absolute Gasteiger partial charge is 0.497 e. The molecule has 0 unspecified atom stereocenters. The summed E-state index contributed by atoms with van der Waals surface area (Å²) in [6.45, 7) is 4.00. The fraction of sp³-hybridized carbons (Fsp3) is 0.167. The number of carbonyl (C=O) groups is 1. The maximum absolute atomic E-state index is 12.6. The molecule has 5 nitrogen and oxygen atoms in total. The summed E-state index contributed by atoms with van der Waals surface area (Å²) in [6, 6.07) is 13.3. The fourth-order valence-electron chi connectivity index (χ4n) is 2.51. The third-order valence-corrected chi connectivity index (χ3v) is 4.26. The first-order valence-electron chi connectivity index (χ1n) is 7.43. The maximum Gasteiger partial charge on any atom is 0.269 e. The molecule has 0 fully saturated rings. The molecule has 0 aliphatic rings. The van der Waals surface area contributed by atoms with Gasteiger partial charge in [0, 0.05) is 11.3 Å². The zero-order chi connectivity index (χ0) is 17.1. The molecule has 0 atom stereocenters. The molecular formula is C18H17N3O2S. The minimum atomic E-state index is -0.208. The van der Waals surface area contributed by atoms with Gasteiger partial charge in [-0.05, 0) is 72.9 Å². The number of aryl methyl sites for hydroxylation is 2. The minimum Gasteiger partial charge on any atom is -0.497 e. The van der Waals surface area contributed by atoms with Gasteiger partial charge in [-0.25, -0.2) is 0 Å². The summed E-state index contributed by atoms with van der Waals surface area (Å²) in [5.74, 6) is 0.545. The van der Waals surface area contributed by atoms with Crippen molar-refractivity contribution in [3.8, 4) is 17.0 Å². The second-order valence-corrected chi connectivity index (χ2v) is 6.26. The van der Waals surface area contributed by atoms with Crippen LogP contribution in [0.2, 0.25) is 0 Å². The second kappa shape index (κ2) is 6.80. The first kappa shape index (κ1) is 16.1. The Morgan fingerprint density at radius 2 is 1.75 bits per heavy atom. The predicted molar refractivity (Wildman–Crippen MR) is 95.8 cm³/mol. The Balaban J connectivity index is 1.87. The van der Waals surface area contributed by atoms with Crippen LogP contribution in [-0.2, 0) is 0 Å². The lowest BCUT2D eigenvalue weighted by molar-refractivity contribution is 0.103. The standard InChI is InChI=1S/C18H17N3O2S/c1-11-8-12(2)10-14(9-11)19-18(22)17-16(20-21-24-17)13-4-6-15(23-3)7-5-13/h4-10H,1-3H3,(H,19,22). The van der Waals surface area contributed by atoms with Gasteiger partial charge in [-0.15, -0.1) is 5.10 Å².